The molecule has 1 aromatic rings. The van der Waals surface area contributed by atoms with Crippen LogP contribution in [-0.2, 0) is 4.74 Å². The summed E-state index contributed by atoms with van der Waals surface area (Å²) in [6.07, 6.45) is 2.75. The number of benzene rings is 1. The first-order valence-electron chi connectivity index (χ1n) is 7.64. The Hall–Kier alpha value is -0.710. The summed E-state index contributed by atoms with van der Waals surface area (Å²) in [7, 11) is 1.72. The number of methoxy groups -OCH3 is 1. The highest BCUT2D eigenvalue weighted by Crippen LogP contribution is 2.18. The fourth-order valence-corrected chi connectivity index (χ4v) is 3.06. The first kappa shape index (κ1) is 18.3. The van der Waals surface area contributed by atoms with Crippen molar-refractivity contribution in [3.63, 3.8) is 0 Å². The van der Waals surface area contributed by atoms with E-state index in [9.17, 15) is 4.79 Å². The third-order valence-corrected chi connectivity index (χ3v) is 4.53. The molecule has 0 amide bonds. The largest absolute Gasteiger partial charge is 0.383 e. The molecule has 0 saturated heterocycles. The van der Waals surface area contributed by atoms with E-state index < -0.39 is 0 Å². The number of halogens is 1. The number of ether oxygens (including phenoxy) is 1. The van der Waals surface area contributed by atoms with E-state index in [1.54, 1.807) is 7.11 Å². The van der Waals surface area contributed by atoms with Gasteiger partial charge in [-0.05, 0) is 18.9 Å². The van der Waals surface area contributed by atoms with Crippen molar-refractivity contribution in [2.45, 2.75) is 39.2 Å². The molecule has 0 spiro atoms. The predicted octanol–water partition coefficient (Wildman–Crippen LogP) is 4.16. The van der Waals surface area contributed by atoms with Crippen LogP contribution in [0.25, 0.3) is 0 Å². The molecule has 0 aliphatic heterocycles. The highest BCUT2D eigenvalue weighted by atomic mass is 79.9. The Morgan fingerprint density at radius 3 is 2.48 bits per heavy atom. The summed E-state index contributed by atoms with van der Waals surface area (Å²) in [6.45, 7) is 6.77. The Kier molecular flexibility index (Phi) is 8.81. The number of carbonyl (C=O) groups is 1. The van der Waals surface area contributed by atoms with Crippen LogP contribution in [0.15, 0.2) is 28.7 Å². The third-order valence-electron chi connectivity index (χ3n) is 3.84. The molecule has 1 rings (SSSR count). The zero-order chi connectivity index (χ0) is 15.7. The molecule has 4 heteroatoms. The summed E-state index contributed by atoms with van der Waals surface area (Å²) in [5.41, 5.74) is 0.772. The van der Waals surface area contributed by atoms with Crippen LogP contribution in [0.4, 0.5) is 0 Å². The number of hydrogen-bond donors (Lipinski definition) is 0. The quantitative estimate of drug-likeness (QED) is 0.590. The molecule has 21 heavy (non-hydrogen) atoms. The minimum Gasteiger partial charge on any atom is -0.383 e. The first-order chi connectivity index (χ1) is 10.1. The zero-order valence-electron chi connectivity index (χ0n) is 13.3. The molecule has 0 bridgehead atoms. The van der Waals surface area contributed by atoms with Crippen molar-refractivity contribution in [2.24, 2.45) is 0 Å². The predicted molar refractivity (Wildman–Crippen MR) is 90.9 cm³/mol. The summed E-state index contributed by atoms with van der Waals surface area (Å²) in [5.74, 6) is 0.191. The lowest BCUT2D eigenvalue weighted by Crippen LogP contribution is -2.38. The smallest absolute Gasteiger partial charge is 0.165 e. The second-order valence-electron chi connectivity index (χ2n) is 5.15. The summed E-state index contributed by atoms with van der Waals surface area (Å²) in [5, 5.41) is 0. The molecule has 0 heterocycles. The van der Waals surface area contributed by atoms with Gasteiger partial charge in [-0.3, -0.25) is 9.69 Å². The van der Waals surface area contributed by atoms with Gasteiger partial charge in [-0.25, -0.2) is 0 Å². The van der Waals surface area contributed by atoms with E-state index in [4.69, 9.17) is 4.74 Å². The molecule has 118 valence electrons. The molecule has 0 fully saturated rings. The van der Waals surface area contributed by atoms with E-state index in [0.29, 0.717) is 19.1 Å². The monoisotopic (exact) mass is 355 g/mol. The van der Waals surface area contributed by atoms with E-state index in [2.05, 4.69) is 34.7 Å². The van der Waals surface area contributed by atoms with Crippen LogP contribution in [0, 0.1) is 0 Å². The molecule has 1 aromatic carbocycles. The van der Waals surface area contributed by atoms with Crippen molar-refractivity contribution < 1.29 is 9.53 Å². The standard InChI is InChI=1S/C17H26BrNO2/c1-4-14(5-2)19(12-13-21-3)11-10-17(20)15-8-6-7-9-16(15)18/h6-9,14H,4-5,10-13H2,1-3H3. The molecule has 0 atom stereocenters. The highest BCUT2D eigenvalue weighted by molar-refractivity contribution is 9.10. The minimum absolute atomic E-state index is 0.191. The second-order valence-corrected chi connectivity index (χ2v) is 6.01. The Morgan fingerprint density at radius 1 is 1.24 bits per heavy atom. The van der Waals surface area contributed by atoms with Crippen molar-refractivity contribution in [3.8, 4) is 0 Å². The Bertz CT molecular complexity index is 433. The summed E-state index contributed by atoms with van der Waals surface area (Å²) in [6, 6.07) is 8.14. The number of rotatable bonds is 10. The van der Waals surface area contributed by atoms with E-state index in [0.717, 1.165) is 36.0 Å². The fraction of sp³-hybridized carbons (Fsp3) is 0.588. The summed E-state index contributed by atoms with van der Waals surface area (Å²) in [4.78, 5) is 14.7. The van der Waals surface area contributed by atoms with Crippen LogP contribution in [0.3, 0.4) is 0 Å². The molecule has 0 radical (unpaired) electrons. The maximum atomic E-state index is 12.4. The highest BCUT2D eigenvalue weighted by Gasteiger charge is 2.17. The Labute approximate surface area is 136 Å². The number of carbonyl (C=O) groups excluding carboxylic acids is 1. The molecule has 0 aromatic heterocycles. The van der Waals surface area contributed by atoms with Crippen LogP contribution in [0.1, 0.15) is 43.5 Å². The van der Waals surface area contributed by atoms with Crippen molar-refractivity contribution in [3.05, 3.63) is 34.3 Å². The van der Waals surface area contributed by atoms with Gasteiger partial charge in [-0.15, -0.1) is 0 Å². The van der Waals surface area contributed by atoms with Crippen LogP contribution in [0.2, 0.25) is 0 Å². The zero-order valence-corrected chi connectivity index (χ0v) is 14.9. The number of Topliss-reactive ketones (excluding diaryl/α,β-unsaturated/α-hetero) is 1. The fourth-order valence-electron chi connectivity index (χ4n) is 2.56. The number of hydrogen-bond acceptors (Lipinski definition) is 3. The Balaban J connectivity index is 2.63. The normalized spacial score (nSPS) is 11.3. The molecular weight excluding hydrogens is 330 g/mol. The third kappa shape index (κ3) is 5.89. The lowest BCUT2D eigenvalue weighted by Gasteiger charge is -2.30. The van der Waals surface area contributed by atoms with E-state index >= 15 is 0 Å². The van der Waals surface area contributed by atoms with Crippen molar-refractivity contribution in [1.29, 1.82) is 0 Å². The summed E-state index contributed by atoms with van der Waals surface area (Å²) >= 11 is 3.45. The van der Waals surface area contributed by atoms with Crippen molar-refractivity contribution in [2.75, 3.05) is 26.8 Å². The van der Waals surface area contributed by atoms with Gasteiger partial charge in [0.25, 0.3) is 0 Å². The van der Waals surface area contributed by atoms with Gasteiger partial charge in [0.15, 0.2) is 5.78 Å². The molecular formula is C17H26BrNO2. The van der Waals surface area contributed by atoms with Gasteiger partial charge in [-0.2, -0.15) is 0 Å². The molecule has 3 nitrogen and oxygen atoms in total. The van der Waals surface area contributed by atoms with Gasteiger partial charge in [0.1, 0.15) is 0 Å². The van der Waals surface area contributed by atoms with Gasteiger partial charge >= 0.3 is 0 Å². The number of nitrogens with zero attached hydrogens (tertiary/aromatic N) is 1. The summed E-state index contributed by atoms with van der Waals surface area (Å²) < 4.78 is 6.06. The van der Waals surface area contributed by atoms with E-state index in [-0.39, 0.29) is 5.78 Å². The molecule has 0 unspecified atom stereocenters. The minimum atomic E-state index is 0.191. The average Bonchev–Trinajstić information content (AvgIpc) is 2.50. The number of ketones is 1. The lowest BCUT2D eigenvalue weighted by atomic mass is 10.1. The first-order valence-corrected chi connectivity index (χ1v) is 8.44. The maximum Gasteiger partial charge on any atom is 0.165 e. The Morgan fingerprint density at radius 2 is 1.90 bits per heavy atom. The van der Waals surface area contributed by atoms with Gasteiger partial charge in [0, 0.05) is 42.7 Å². The van der Waals surface area contributed by atoms with Crippen LogP contribution >= 0.6 is 15.9 Å². The van der Waals surface area contributed by atoms with Gasteiger partial charge in [0.2, 0.25) is 0 Å². The topological polar surface area (TPSA) is 29.5 Å². The molecule has 0 N–H and O–H groups in total. The van der Waals surface area contributed by atoms with Gasteiger partial charge in [0.05, 0.1) is 6.61 Å². The second kappa shape index (κ2) is 10.1. The van der Waals surface area contributed by atoms with Gasteiger partial charge < -0.3 is 4.74 Å². The van der Waals surface area contributed by atoms with Crippen LogP contribution in [0.5, 0.6) is 0 Å². The van der Waals surface area contributed by atoms with Crippen LogP contribution < -0.4 is 0 Å². The van der Waals surface area contributed by atoms with E-state index in [1.807, 2.05) is 24.3 Å². The molecule has 0 aliphatic carbocycles. The lowest BCUT2D eigenvalue weighted by molar-refractivity contribution is 0.0898. The van der Waals surface area contributed by atoms with Crippen LogP contribution in [-0.4, -0.2) is 43.5 Å². The average molecular weight is 356 g/mol. The maximum absolute atomic E-state index is 12.4. The van der Waals surface area contributed by atoms with E-state index in [1.165, 1.54) is 0 Å². The molecule has 0 aliphatic rings. The SMILES string of the molecule is CCC(CC)N(CCOC)CCC(=O)c1ccccc1Br. The molecule has 0 saturated carbocycles. The van der Waals surface area contributed by atoms with Crippen molar-refractivity contribution in [1.82, 2.24) is 4.90 Å². The van der Waals surface area contributed by atoms with Crippen molar-refractivity contribution >= 4 is 21.7 Å². The van der Waals surface area contributed by atoms with Gasteiger partial charge in [-0.1, -0.05) is 48.0 Å².